The Kier molecular flexibility index (Phi) is 6.74. The van der Waals surface area contributed by atoms with Crippen molar-refractivity contribution in [2.24, 2.45) is 5.92 Å². The van der Waals surface area contributed by atoms with Crippen LogP contribution in [-0.4, -0.2) is 36.6 Å². The first-order valence-electron chi connectivity index (χ1n) is 4.75. The molecular weight excluding hydrogens is 184 g/mol. The van der Waals surface area contributed by atoms with E-state index in [9.17, 15) is 9.59 Å². The molecule has 0 aromatic carbocycles. The molecule has 0 aromatic rings. The second-order valence-electron chi connectivity index (χ2n) is 3.29. The summed E-state index contributed by atoms with van der Waals surface area (Å²) >= 11 is 0. The van der Waals surface area contributed by atoms with Gasteiger partial charge in [0.05, 0.1) is 6.54 Å². The Hall–Kier alpha value is -1.10. The molecule has 0 aromatic heterocycles. The summed E-state index contributed by atoms with van der Waals surface area (Å²) in [5.74, 6) is -0.958. The third-order valence-electron chi connectivity index (χ3n) is 1.71. The van der Waals surface area contributed by atoms with Gasteiger partial charge in [-0.2, -0.15) is 0 Å². The van der Waals surface area contributed by atoms with Gasteiger partial charge in [0.1, 0.15) is 0 Å². The minimum atomic E-state index is -0.835. The molecule has 0 saturated heterocycles. The maximum Gasteiger partial charge on any atom is 0.303 e. The van der Waals surface area contributed by atoms with Gasteiger partial charge in [0.25, 0.3) is 0 Å². The largest absolute Gasteiger partial charge is 0.481 e. The molecule has 1 atom stereocenters. The number of amides is 1. The Labute approximate surface area is 83.9 Å². The predicted octanol–water partition coefficient (Wildman–Crippen LogP) is -0.177. The van der Waals surface area contributed by atoms with Crippen LogP contribution in [0.25, 0.3) is 0 Å². The SMILES string of the molecule is CCNCC(=O)NCC(C)CC(=O)O. The molecule has 0 spiro atoms. The fourth-order valence-corrected chi connectivity index (χ4v) is 0.959. The van der Waals surface area contributed by atoms with Crippen LogP contribution in [0.3, 0.4) is 0 Å². The number of aliphatic carboxylic acids is 1. The fraction of sp³-hybridized carbons (Fsp3) is 0.778. The molecule has 0 aliphatic carbocycles. The van der Waals surface area contributed by atoms with Gasteiger partial charge >= 0.3 is 5.97 Å². The monoisotopic (exact) mass is 202 g/mol. The van der Waals surface area contributed by atoms with Crippen molar-refractivity contribution >= 4 is 11.9 Å². The summed E-state index contributed by atoms with van der Waals surface area (Å²) in [4.78, 5) is 21.4. The molecule has 0 aliphatic rings. The molecule has 3 N–H and O–H groups in total. The highest BCUT2D eigenvalue weighted by molar-refractivity contribution is 5.78. The van der Waals surface area contributed by atoms with Crippen molar-refractivity contribution in [2.45, 2.75) is 20.3 Å². The Balaban J connectivity index is 3.50. The zero-order chi connectivity index (χ0) is 11.0. The summed E-state index contributed by atoms with van der Waals surface area (Å²) in [5.41, 5.74) is 0. The van der Waals surface area contributed by atoms with E-state index in [4.69, 9.17) is 5.11 Å². The van der Waals surface area contributed by atoms with E-state index < -0.39 is 5.97 Å². The zero-order valence-electron chi connectivity index (χ0n) is 8.67. The van der Waals surface area contributed by atoms with E-state index in [1.807, 2.05) is 6.92 Å². The van der Waals surface area contributed by atoms with Crippen LogP contribution in [0, 0.1) is 5.92 Å². The third kappa shape index (κ3) is 7.54. The van der Waals surface area contributed by atoms with Gasteiger partial charge in [0.2, 0.25) is 5.91 Å². The first-order chi connectivity index (χ1) is 6.56. The minimum absolute atomic E-state index is 0.0296. The van der Waals surface area contributed by atoms with Crippen molar-refractivity contribution in [2.75, 3.05) is 19.6 Å². The number of rotatable bonds is 7. The molecule has 5 heteroatoms. The van der Waals surface area contributed by atoms with Gasteiger partial charge in [-0.05, 0) is 12.5 Å². The van der Waals surface area contributed by atoms with Crippen molar-refractivity contribution in [3.8, 4) is 0 Å². The average Bonchev–Trinajstić information content (AvgIpc) is 2.10. The van der Waals surface area contributed by atoms with Crippen molar-refractivity contribution in [3.63, 3.8) is 0 Å². The standard InChI is InChI=1S/C9H18N2O3/c1-3-10-6-8(12)11-5-7(2)4-9(13)14/h7,10H,3-6H2,1-2H3,(H,11,12)(H,13,14). The number of carboxylic acids is 1. The molecule has 0 fully saturated rings. The Morgan fingerprint density at radius 1 is 1.43 bits per heavy atom. The van der Waals surface area contributed by atoms with Crippen LogP contribution in [0.4, 0.5) is 0 Å². The smallest absolute Gasteiger partial charge is 0.303 e. The highest BCUT2D eigenvalue weighted by Crippen LogP contribution is 1.98. The van der Waals surface area contributed by atoms with Crippen LogP contribution in [-0.2, 0) is 9.59 Å². The number of hydrogen-bond acceptors (Lipinski definition) is 3. The van der Waals surface area contributed by atoms with Gasteiger partial charge < -0.3 is 15.7 Å². The molecule has 0 heterocycles. The molecule has 0 rings (SSSR count). The van der Waals surface area contributed by atoms with E-state index in [0.717, 1.165) is 6.54 Å². The van der Waals surface area contributed by atoms with Crippen LogP contribution in [0.15, 0.2) is 0 Å². The average molecular weight is 202 g/mol. The summed E-state index contributed by atoms with van der Waals surface area (Å²) in [6, 6.07) is 0. The van der Waals surface area contributed by atoms with Crippen LogP contribution in [0.5, 0.6) is 0 Å². The van der Waals surface area contributed by atoms with E-state index in [1.165, 1.54) is 0 Å². The number of hydrogen-bond donors (Lipinski definition) is 3. The number of likely N-dealkylation sites (N-methyl/N-ethyl adjacent to an activating group) is 1. The van der Waals surface area contributed by atoms with Crippen molar-refractivity contribution in [1.29, 1.82) is 0 Å². The molecule has 1 amide bonds. The lowest BCUT2D eigenvalue weighted by atomic mass is 10.1. The van der Waals surface area contributed by atoms with Crippen molar-refractivity contribution < 1.29 is 14.7 Å². The van der Waals surface area contributed by atoms with Gasteiger partial charge in [-0.3, -0.25) is 9.59 Å². The summed E-state index contributed by atoms with van der Waals surface area (Å²) < 4.78 is 0. The molecule has 0 bridgehead atoms. The highest BCUT2D eigenvalue weighted by atomic mass is 16.4. The summed E-state index contributed by atoms with van der Waals surface area (Å²) in [7, 11) is 0. The third-order valence-corrected chi connectivity index (χ3v) is 1.71. The van der Waals surface area contributed by atoms with E-state index in [2.05, 4.69) is 10.6 Å². The maximum atomic E-state index is 11.1. The van der Waals surface area contributed by atoms with Crippen molar-refractivity contribution in [1.82, 2.24) is 10.6 Å². The number of carboxylic acid groups (broad SMARTS) is 1. The summed E-state index contributed by atoms with van der Waals surface area (Å²) in [6.45, 7) is 5.16. The van der Waals surface area contributed by atoms with Crippen LogP contribution in [0.1, 0.15) is 20.3 Å². The highest BCUT2D eigenvalue weighted by Gasteiger charge is 2.08. The quantitative estimate of drug-likeness (QED) is 0.535. The van der Waals surface area contributed by atoms with Gasteiger partial charge in [0, 0.05) is 13.0 Å². The fourth-order valence-electron chi connectivity index (χ4n) is 0.959. The van der Waals surface area contributed by atoms with Gasteiger partial charge in [-0.1, -0.05) is 13.8 Å². The lowest BCUT2D eigenvalue weighted by Gasteiger charge is -2.10. The summed E-state index contributed by atoms with van der Waals surface area (Å²) in [5, 5.41) is 14.0. The van der Waals surface area contributed by atoms with E-state index in [0.29, 0.717) is 6.54 Å². The lowest BCUT2D eigenvalue weighted by molar-refractivity contribution is -0.138. The second kappa shape index (κ2) is 7.32. The second-order valence-corrected chi connectivity index (χ2v) is 3.29. The van der Waals surface area contributed by atoms with E-state index in [-0.39, 0.29) is 24.8 Å². The Bertz CT molecular complexity index is 194. The minimum Gasteiger partial charge on any atom is -0.481 e. The van der Waals surface area contributed by atoms with Gasteiger partial charge in [-0.15, -0.1) is 0 Å². The number of carbonyl (C=O) groups excluding carboxylic acids is 1. The van der Waals surface area contributed by atoms with Gasteiger partial charge in [0.15, 0.2) is 0 Å². The number of nitrogens with one attached hydrogen (secondary N) is 2. The molecule has 0 saturated carbocycles. The van der Waals surface area contributed by atoms with Gasteiger partial charge in [-0.25, -0.2) is 0 Å². The molecular formula is C9H18N2O3. The van der Waals surface area contributed by atoms with Crippen molar-refractivity contribution in [3.05, 3.63) is 0 Å². The van der Waals surface area contributed by atoms with E-state index in [1.54, 1.807) is 6.92 Å². The Morgan fingerprint density at radius 3 is 2.57 bits per heavy atom. The molecule has 82 valence electrons. The predicted molar refractivity (Wildman–Crippen MR) is 53.0 cm³/mol. The molecule has 5 nitrogen and oxygen atoms in total. The molecule has 14 heavy (non-hydrogen) atoms. The number of carbonyl (C=O) groups is 2. The first kappa shape index (κ1) is 12.9. The topological polar surface area (TPSA) is 78.4 Å². The molecule has 1 unspecified atom stereocenters. The van der Waals surface area contributed by atoms with Crippen LogP contribution in [0.2, 0.25) is 0 Å². The lowest BCUT2D eigenvalue weighted by Crippen LogP contribution is -2.36. The first-order valence-corrected chi connectivity index (χ1v) is 4.75. The molecule has 0 aliphatic heterocycles. The Morgan fingerprint density at radius 2 is 2.07 bits per heavy atom. The normalized spacial score (nSPS) is 12.1. The van der Waals surface area contributed by atoms with Crippen LogP contribution < -0.4 is 10.6 Å². The van der Waals surface area contributed by atoms with E-state index >= 15 is 0 Å². The summed E-state index contributed by atoms with van der Waals surface area (Å²) in [6.07, 6.45) is 0.0848. The molecule has 0 radical (unpaired) electrons. The van der Waals surface area contributed by atoms with Crippen LogP contribution >= 0.6 is 0 Å². The maximum absolute atomic E-state index is 11.1. The zero-order valence-corrected chi connectivity index (χ0v) is 8.67.